The Hall–Kier alpha value is -0.130. The van der Waals surface area contributed by atoms with Gasteiger partial charge in [0.2, 0.25) is 0 Å². The van der Waals surface area contributed by atoms with Gasteiger partial charge in [-0.25, -0.2) is 0 Å². The van der Waals surface area contributed by atoms with E-state index in [9.17, 15) is 9.59 Å². The third kappa shape index (κ3) is 1.81. The molecule has 2 rings (SSSR count). The van der Waals surface area contributed by atoms with Gasteiger partial charge >= 0.3 is 5.97 Å². The molecule has 0 radical (unpaired) electrons. The zero-order chi connectivity index (χ0) is 11.1. The number of carbonyl (C=O) groups is 2. The predicted octanol–water partition coefficient (Wildman–Crippen LogP) is 2.11. The highest BCUT2D eigenvalue weighted by Crippen LogP contribution is 2.51. The molecule has 0 N–H and O–H groups in total. The summed E-state index contributed by atoms with van der Waals surface area (Å²) in [6.07, 6.45) is 3.18. The number of Topliss-reactive ketones (excluding diaryl/α,β-unsaturated/α-hetero) is 1. The van der Waals surface area contributed by atoms with Crippen LogP contribution in [-0.2, 0) is 14.3 Å². The van der Waals surface area contributed by atoms with Crippen molar-refractivity contribution in [3.63, 3.8) is 0 Å². The normalized spacial score (nSPS) is 38.9. The summed E-state index contributed by atoms with van der Waals surface area (Å²) in [5, 5.41) is 0. The van der Waals surface area contributed by atoms with E-state index in [2.05, 4.69) is 22.6 Å². The first-order chi connectivity index (χ1) is 7.08. The van der Waals surface area contributed by atoms with Crippen molar-refractivity contribution in [3.8, 4) is 0 Å². The van der Waals surface area contributed by atoms with Crippen LogP contribution in [0, 0.1) is 11.8 Å². The quantitative estimate of drug-likeness (QED) is 0.454. The van der Waals surface area contributed by atoms with Gasteiger partial charge in [0, 0.05) is 22.7 Å². The number of hydrogen-bond acceptors (Lipinski definition) is 3. The van der Waals surface area contributed by atoms with Crippen LogP contribution in [0.5, 0.6) is 0 Å². The van der Waals surface area contributed by atoms with Crippen LogP contribution in [0.2, 0.25) is 0 Å². The van der Waals surface area contributed by atoms with Crippen molar-refractivity contribution in [2.45, 2.75) is 38.2 Å². The van der Waals surface area contributed by atoms with E-state index in [1.54, 1.807) is 6.92 Å². The lowest BCUT2D eigenvalue weighted by Gasteiger charge is -2.31. The number of hydrogen-bond donors (Lipinski definition) is 0. The van der Waals surface area contributed by atoms with Crippen molar-refractivity contribution in [2.24, 2.45) is 11.8 Å². The van der Waals surface area contributed by atoms with Gasteiger partial charge in [-0.05, 0) is 19.8 Å². The van der Waals surface area contributed by atoms with Gasteiger partial charge in [0.05, 0.1) is 6.42 Å². The van der Waals surface area contributed by atoms with E-state index in [1.165, 1.54) is 0 Å². The maximum Gasteiger partial charge on any atom is 0.306 e. The molecule has 4 heteroatoms. The van der Waals surface area contributed by atoms with E-state index in [4.69, 9.17) is 4.74 Å². The summed E-state index contributed by atoms with van der Waals surface area (Å²) in [6.45, 7) is 1.62. The summed E-state index contributed by atoms with van der Waals surface area (Å²) in [5.74, 6) is 0.729. The predicted molar refractivity (Wildman–Crippen MR) is 63.8 cm³/mol. The van der Waals surface area contributed by atoms with Crippen LogP contribution in [0.15, 0.2) is 0 Å². The summed E-state index contributed by atoms with van der Waals surface area (Å²) in [7, 11) is 0. The van der Waals surface area contributed by atoms with Gasteiger partial charge in [0.25, 0.3) is 0 Å². The summed E-state index contributed by atoms with van der Waals surface area (Å²) >= 11 is 2.28. The molecule has 2 aliphatic rings. The van der Waals surface area contributed by atoms with E-state index in [-0.39, 0.29) is 23.3 Å². The standard InChI is InChI=1S/C11H15IO3/c1-7(13)4-8-2-3-9-5-10(14)15-11(8,9)6-12/h8-9H,2-6H2,1H3/t8?,9-,11-/m0/s1. The van der Waals surface area contributed by atoms with Crippen molar-refractivity contribution in [2.75, 3.05) is 4.43 Å². The molecule has 3 nitrogen and oxygen atoms in total. The molecule has 3 atom stereocenters. The summed E-state index contributed by atoms with van der Waals surface area (Å²) < 4.78 is 6.36. The Bertz CT molecular complexity index is 302. The first-order valence-corrected chi connectivity index (χ1v) is 6.88. The highest BCUT2D eigenvalue weighted by Gasteiger charge is 2.57. The topological polar surface area (TPSA) is 43.4 Å². The Morgan fingerprint density at radius 1 is 1.60 bits per heavy atom. The zero-order valence-electron chi connectivity index (χ0n) is 8.79. The molecule has 15 heavy (non-hydrogen) atoms. The second-order valence-corrected chi connectivity index (χ2v) is 5.41. The number of alkyl halides is 1. The smallest absolute Gasteiger partial charge is 0.306 e. The van der Waals surface area contributed by atoms with Gasteiger partial charge in [0.15, 0.2) is 0 Å². The largest absolute Gasteiger partial charge is 0.458 e. The SMILES string of the molecule is CC(=O)CC1CC[C@H]2CC(=O)O[C@@]12CI. The highest BCUT2D eigenvalue weighted by molar-refractivity contribution is 14.1. The number of ketones is 1. The molecule has 2 fully saturated rings. The fraction of sp³-hybridized carbons (Fsp3) is 0.818. The van der Waals surface area contributed by atoms with E-state index in [0.717, 1.165) is 17.3 Å². The molecular formula is C11H15IO3. The summed E-state index contributed by atoms with van der Waals surface area (Å²) in [5.41, 5.74) is -0.316. The van der Waals surface area contributed by atoms with Gasteiger partial charge in [-0.15, -0.1) is 0 Å². The van der Waals surface area contributed by atoms with Crippen molar-refractivity contribution >= 4 is 34.3 Å². The Kier molecular flexibility index (Phi) is 3.05. The molecule has 0 amide bonds. The van der Waals surface area contributed by atoms with Crippen LogP contribution < -0.4 is 0 Å². The fourth-order valence-corrected chi connectivity index (χ4v) is 4.39. The number of ether oxygens (including phenoxy) is 1. The number of rotatable bonds is 3. The van der Waals surface area contributed by atoms with Crippen LogP contribution in [-0.4, -0.2) is 21.8 Å². The Morgan fingerprint density at radius 2 is 2.33 bits per heavy atom. The van der Waals surface area contributed by atoms with Crippen molar-refractivity contribution < 1.29 is 14.3 Å². The number of esters is 1. The zero-order valence-corrected chi connectivity index (χ0v) is 11.0. The van der Waals surface area contributed by atoms with Crippen LogP contribution in [0.3, 0.4) is 0 Å². The van der Waals surface area contributed by atoms with E-state index in [1.807, 2.05) is 0 Å². The average molecular weight is 322 g/mol. The van der Waals surface area contributed by atoms with Crippen LogP contribution in [0.25, 0.3) is 0 Å². The molecule has 1 aliphatic heterocycles. The van der Waals surface area contributed by atoms with Crippen LogP contribution in [0.4, 0.5) is 0 Å². The fourth-order valence-electron chi connectivity index (χ4n) is 2.99. The molecule has 0 aromatic heterocycles. The second kappa shape index (κ2) is 4.03. The number of carbonyl (C=O) groups excluding carboxylic acids is 2. The Balaban J connectivity index is 2.20. The molecule has 84 valence electrons. The monoisotopic (exact) mass is 322 g/mol. The molecule has 0 aromatic rings. The molecule has 0 spiro atoms. The molecule has 0 bridgehead atoms. The van der Waals surface area contributed by atoms with Crippen molar-refractivity contribution in [1.82, 2.24) is 0 Å². The Morgan fingerprint density at radius 3 is 2.93 bits per heavy atom. The van der Waals surface area contributed by atoms with Gasteiger partial charge in [-0.1, -0.05) is 22.6 Å². The maximum absolute atomic E-state index is 11.3. The lowest BCUT2D eigenvalue weighted by molar-refractivity contribution is -0.151. The van der Waals surface area contributed by atoms with Gasteiger partial charge < -0.3 is 9.53 Å². The average Bonchev–Trinajstić information content (AvgIpc) is 2.62. The molecule has 0 aromatic carbocycles. The molecule has 1 saturated heterocycles. The lowest BCUT2D eigenvalue weighted by Crippen LogP contribution is -2.40. The second-order valence-electron chi connectivity index (χ2n) is 4.64. The maximum atomic E-state index is 11.3. The van der Waals surface area contributed by atoms with Gasteiger partial charge in [-0.3, -0.25) is 4.79 Å². The van der Waals surface area contributed by atoms with Gasteiger partial charge in [-0.2, -0.15) is 0 Å². The highest BCUT2D eigenvalue weighted by atomic mass is 127. The minimum absolute atomic E-state index is 0.0788. The number of fused-ring (bicyclic) bond motifs is 1. The van der Waals surface area contributed by atoms with Gasteiger partial charge in [0.1, 0.15) is 11.4 Å². The Labute approximate surface area is 103 Å². The van der Waals surface area contributed by atoms with Crippen molar-refractivity contribution in [1.29, 1.82) is 0 Å². The van der Waals surface area contributed by atoms with E-state index in [0.29, 0.717) is 18.8 Å². The molecular weight excluding hydrogens is 307 g/mol. The lowest BCUT2D eigenvalue weighted by atomic mass is 9.84. The van der Waals surface area contributed by atoms with Crippen LogP contribution in [0.1, 0.15) is 32.6 Å². The van der Waals surface area contributed by atoms with E-state index >= 15 is 0 Å². The molecule has 1 heterocycles. The first-order valence-electron chi connectivity index (χ1n) is 5.35. The summed E-state index contributed by atoms with van der Waals surface area (Å²) in [4.78, 5) is 22.5. The first kappa shape index (κ1) is 11.4. The number of halogens is 1. The molecule has 1 aliphatic carbocycles. The molecule has 1 unspecified atom stereocenters. The van der Waals surface area contributed by atoms with Crippen molar-refractivity contribution in [3.05, 3.63) is 0 Å². The molecule has 1 saturated carbocycles. The minimum atomic E-state index is -0.316. The summed E-state index contributed by atoms with van der Waals surface area (Å²) in [6, 6.07) is 0. The van der Waals surface area contributed by atoms with E-state index < -0.39 is 0 Å². The minimum Gasteiger partial charge on any atom is -0.458 e. The third-order valence-electron chi connectivity index (χ3n) is 3.71. The van der Waals surface area contributed by atoms with Crippen LogP contribution >= 0.6 is 22.6 Å². The third-order valence-corrected chi connectivity index (χ3v) is 4.90.